The van der Waals surface area contributed by atoms with Crippen LogP contribution >= 0.6 is 0 Å². The topological polar surface area (TPSA) is 228 Å². The predicted octanol–water partition coefficient (Wildman–Crippen LogP) is 10.7. The van der Waals surface area contributed by atoms with Crippen LogP contribution in [0.5, 0.6) is 0 Å². The van der Waals surface area contributed by atoms with Gasteiger partial charge in [-0.15, -0.1) is 6.42 Å². The first-order valence-corrected chi connectivity index (χ1v) is 34.8. The van der Waals surface area contributed by atoms with Gasteiger partial charge in [0.2, 0.25) is 0 Å². The van der Waals surface area contributed by atoms with E-state index in [1.807, 2.05) is 171 Å². The summed E-state index contributed by atoms with van der Waals surface area (Å²) in [5, 5.41) is 12.9. The molecule has 0 amide bonds. The number of carbonyl (C=O) groups is 3. The molecule has 3 saturated heterocycles. The summed E-state index contributed by atoms with van der Waals surface area (Å²) in [7, 11) is 1.89. The number of ether oxygens (including phenoxy) is 15. The molecule has 0 bridgehead atoms. The molecule has 15 unspecified atom stereocenters. The Morgan fingerprint density at radius 1 is 0.465 bits per heavy atom. The average molecular weight is 1400 g/mol. The Morgan fingerprint density at radius 3 is 1.18 bits per heavy atom. The number of aliphatic imine (C=N–C) groups is 1. The van der Waals surface area contributed by atoms with Crippen LogP contribution in [0.15, 0.2) is 157 Å². The van der Waals surface area contributed by atoms with Crippen molar-refractivity contribution in [3.63, 3.8) is 0 Å². The van der Waals surface area contributed by atoms with Crippen molar-refractivity contribution in [2.75, 3.05) is 46.6 Å². The maximum absolute atomic E-state index is 15.1. The number of nitrogens with zero attached hydrogens (tertiary/aromatic N) is 2. The number of carbonyl (C=O) groups excluding carboxylic acids is 3. The molecule has 3 aliphatic heterocycles. The van der Waals surface area contributed by atoms with Crippen LogP contribution in [0.2, 0.25) is 0 Å². The number of rotatable bonds is 31. The summed E-state index contributed by atoms with van der Waals surface area (Å²) in [4.78, 5) is 50.2. The molecule has 0 saturated carbocycles. The van der Waals surface area contributed by atoms with Crippen LogP contribution in [0.25, 0.3) is 0 Å². The van der Waals surface area contributed by atoms with E-state index in [0.29, 0.717) is 0 Å². The molecule has 0 N–H and O–H groups in total. The highest BCUT2D eigenvalue weighted by Gasteiger charge is 2.59. The fourth-order valence-corrected chi connectivity index (χ4v) is 11.6. The lowest BCUT2D eigenvalue weighted by atomic mass is 9.86. The van der Waals surface area contributed by atoms with Crippen molar-refractivity contribution in [3.8, 4) is 12.3 Å². The van der Waals surface area contributed by atoms with Gasteiger partial charge in [0.05, 0.1) is 88.8 Å². The van der Waals surface area contributed by atoms with Gasteiger partial charge in [-0.3, -0.25) is 24.3 Å². The Balaban J connectivity index is 1.30. The Bertz CT molecular complexity index is 3370. The highest BCUT2D eigenvalue weighted by Crippen LogP contribution is 2.41. The summed E-state index contributed by atoms with van der Waals surface area (Å²) >= 11 is 0. The van der Waals surface area contributed by atoms with Gasteiger partial charge in [0, 0.05) is 17.6 Å². The molecular formula is C80H105N2O19-. The summed E-state index contributed by atoms with van der Waals surface area (Å²) in [5.41, 5.74) is 0.141. The fraction of sp³-hybridized carbons (Fsp3) is 0.550. The first-order chi connectivity index (χ1) is 48.1. The first kappa shape index (κ1) is 79.6. The molecule has 8 rings (SSSR count). The Kier molecular flexibility index (Phi) is 29.4. The number of benzene rings is 5. The number of esters is 3. The molecule has 5 aromatic carbocycles. The standard InChI is InChI=1S/C80H106N2O19/c1-16-43-82(15)62-53(2)63(98-73(83)77(3,4)5)71(93-59(62)50-87-45-54-32-22-17-23-33-54)96-65-61(52-89-47-56-36-26-19-27-37-56)95-72(69(100-75(85)79(9,10)11)67(65)92-49-58-40-30-21-31-41-58)97-64-60(51-88-46-55-34-24-18-25-35-55)94-70(90-44-42-81-76(86)101-80(12,13)14)68(99-74(84)78(6,7)8)66(64)91-48-57-38-28-20-29-39-57/h1,17-41,53,59-72H,42-52H2,2-15H3,(H,81,86)/p-1. The zero-order valence-corrected chi connectivity index (χ0v) is 61.1. The molecule has 15 atom stereocenters. The molecule has 5 aromatic rings. The van der Waals surface area contributed by atoms with Gasteiger partial charge < -0.3 is 76.2 Å². The summed E-state index contributed by atoms with van der Waals surface area (Å²) in [6.07, 6.45) is -11.7. The van der Waals surface area contributed by atoms with Crippen molar-refractivity contribution < 1.29 is 90.5 Å². The Hall–Kier alpha value is -7.14. The lowest BCUT2D eigenvalue weighted by molar-refractivity contribution is -0.384. The maximum Gasteiger partial charge on any atom is 0.311 e. The number of hydrogen-bond acceptors (Lipinski definition) is 21. The van der Waals surface area contributed by atoms with Crippen LogP contribution in [0, 0.1) is 34.5 Å². The van der Waals surface area contributed by atoms with E-state index in [1.54, 1.807) is 83.1 Å². The van der Waals surface area contributed by atoms with Gasteiger partial charge in [0.25, 0.3) is 0 Å². The molecule has 3 aliphatic rings. The summed E-state index contributed by atoms with van der Waals surface area (Å²) < 4.78 is 103. The lowest BCUT2D eigenvalue weighted by Gasteiger charge is -2.52. The SMILES string of the molecule is C#CCN(C)C1C(COCc2ccccc2)OC(OC2C(COCc3ccccc3)OC(OC3C(COCc4ccccc4)OC(OCCN=C([O-])OC(C)(C)C)C(OC(=O)C(C)(C)C)C3OCc3ccccc3)C(OC(=O)C(C)(C)C)C2OCc2ccccc2)C(OC(=O)C(C)(C)C)C1C. The van der Waals surface area contributed by atoms with Crippen molar-refractivity contribution in [2.45, 2.75) is 215 Å². The van der Waals surface area contributed by atoms with Gasteiger partial charge in [-0.2, -0.15) is 0 Å². The third-order valence-electron chi connectivity index (χ3n) is 17.0. The third-order valence-corrected chi connectivity index (χ3v) is 17.0. The zero-order chi connectivity index (χ0) is 72.9. The molecule has 0 radical (unpaired) electrons. The smallest absolute Gasteiger partial charge is 0.311 e. The molecule has 550 valence electrons. The summed E-state index contributed by atoms with van der Waals surface area (Å²) in [6, 6.07) is 47.3. The second kappa shape index (κ2) is 37.3. The van der Waals surface area contributed by atoms with Crippen LogP contribution in [0.3, 0.4) is 0 Å². The van der Waals surface area contributed by atoms with Crippen molar-refractivity contribution in [2.24, 2.45) is 27.2 Å². The van der Waals surface area contributed by atoms with Gasteiger partial charge in [-0.25, -0.2) is 0 Å². The molecule has 0 spiro atoms. The van der Waals surface area contributed by atoms with Gasteiger partial charge in [-0.1, -0.05) is 185 Å². The van der Waals surface area contributed by atoms with E-state index < -0.39 is 138 Å². The third kappa shape index (κ3) is 24.2. The second-order valence-corrected chi connectivity index (χ2v) is 29.9. The number of likely N-dealkylation sites (N-methyl/N-ethyl adjacent to an activating group) is 1. The molecule has 21 nitrogen and oxygen atoms in total. The quantitative estimate of drug-likeness (QED) is 0.0100. The van der Waals surface area contributed by atoms with E-state index in [-0.39, 0.29) is 72.6 Å². The van der Waals surface area contributed by atoms with E-state index in [9.17, 15) is 14.7 Å². The van der Waals surface area contributed by atoms with Crippen LogP contribution in [-0.2, 0) is 118 Å². The fourth-order valence-electron chi connectivity index (χ4n) is 11.6. The second-order valence-electron chi connectivity index (χ2n) is 29.9. The largest absolute Gasteiger partial charge is 0.595 e. The van der Waals surface area contributed by atoms with Crippen LogP contribution in [0.4, 0.5) is 0 Å². The molecule has 101 heavy (non-hydrogen) atoms. The molecule has 0 aromatic heterocycles. The molecular weight excluding hydrogens is 1290 g/mol. The molecule has 21 heteroatoms. The van der Waals surface area contributed by atoms with E-state index in [4.69, 9.17) is 77.5 Å². The summed E-state index contributed by atoms with van der Waals surface area (Å²) in [5.74, 6) is 0.413. The Morgan fingerprint density at radius 2 is 0.802 bits per heavy atom. The van der Waals surface area contributed by atoms with Crippen molar-refractivity contribution in [1.82, 2.24) is 4.90 Å². The highest BCUT2D eigenvalue weighted by atomic mass is 16.8. The molecule has 3 heterocycles. The lowest BCUT2D eigenvalue weighted by Crippen LogP contribution is -2.68. The van der Waals surface area contributed by atoms with Gasteiger partial charge >= 0.3 is 17.9 Å². The van der Waals surface area contributed by atoms with Crippen LogP contribution in [-0.4, -0.2) is 167 Å². The maximum atomic E-state index is 15.1. The molecule has 0 aliphatic carbocycles. The van der Waals surface area contributed by atoms with E-state index in [0.717, 1.165) is 27.8 Å². The minimum atomic E-state index is -1.63. The monoisotopic (exact) mass is 1400 g/mol. The normalized spacial score (nSPS) is 26.0. The predicted molar refractivity (Wildman–Crippen MR) is 376 cm³/mol. The van der Waals surface area contributed by atoms with Crippen LogP contribution < -0.4 is 5.11 Å². The van der Waals surface area contributed by atoms with Crippen molar-refractivity contribution in [1.29, 1.82) is 0 Å². The van der Waals surface area contributed by atoms with Crippen LogP contribution in [0.1, 0.15) is 118 Å². The average Bonchev–Trinajstić information content (AvgIpc) is 0.761. The zero-order valence-electron chi connectivity index (χ0n) is 61.1. The summed E-state index contributed by atoms with van der Waals surface area (Å²) in [6.45, 7) is 22.7. The van der Waals surface area contributed by atoms with Crippen molar-refractivity contribution in [3.05, 3.63) is 179 Å². The molecule has 3 fully saturated rings. The van der Waals surface area contributed by atoms with Gasteiger partial charge in [-0.05, 0) is 97.2 Å². The van der Waals surface area contributed by atoms with E-state index in [2.05, 4.69) is 10.9 Å². The minimum Gasteiger partial charge on any atom is -0.595 e. The first-order valence-electron chi connectivity index (χ1n) is 34.8. The van der Waals surface area contributed by atoms with Gasteiger partial charge in [0.15, 0.2) is 37.2 Å². The van der Waals surface area contributed by atoms with Crippen molar-refractivity contribution >= 4 is 24.0 Å². The van der Waals surface area contributed by atoms with Gasteiger partial charge in [0.1, 0.15) is 48.8 Å². The van der Waals surface area contributed by atoms with E-state index >= 15 is 4.79 Å². The number of terminal acetylenes is 1. The minimum absolute atomic E-state index is 0.0473. The Labute approximate surface area is 597 Å². The number of hydrogen-bond donors (Lipinski definition) is 0. The van der Waals surface area contributed by atoms with E-state index in [1.165, 1.54) is 0 Å². The highest BCUT2D eigenvalue weighted by molar-refractivity contribution is 5.76.